The zero-order valence-corrected chi connectivity index (χ0v) is 19.7. The number of hydrogen-bond donors (Lipinski definition) is 1. The van der Waals surface area contributed by atoms with E-state index < -0.39 is 0 Å². The monoisotopic (exact) mass is 428 g/mol. The van der Waals surface area contributed by atoms with Crippen molar-refractivity contribution in [2.45, 2.75) is 52.9 Å². The van der Waals surface area contributed by atoms with Crippen LogP contribution in [0.15, 0.2) is 71.8 Å². The first-order valence-corrected chi connectivity index (χ1v) is 11.8. The molecule has 0 radical (unpaired) electrons. The molecule has 0 atom stereocenters. The maximum Gasteiger partial charge on any atom is 0.148 e. The SMILES string of the molecule is CCCN(CCC)c1cc(CCCc2ccccc2)nc(N/N=C/c2cccc(C)c2)c1. The minimum atomic E-state index is 0.804. The van der Waals surface area contributed by atoms with Gasteiger partial charge in [0.1, 0.15) is 5.82 Å². The lowest BCUT2D eigenvalue weighted by Crippen LogP contribution is -2.25. The number of nitrogens with one attached hydrogen (secondary N) is 1. The second-order valence-corrected chi connectivity index (χ2v) is 8.31. The van der Waals surface area contributed by atoms with E-state index in [0.29, 0.717) is 0 Å². The fourth-order valence-corrected chi connectivity index (χ4v) is 3.89. The Morgan fingerprint density at radius 3 is 2.41 bits per heavy atom. The van der Waals surface area contributed by atoms with E-state index in [4.69, 9.17) is 4.98 Å². The summed E-state index contributed by atoms with van der Waals surface area (Å²) in [6.45, 7) is 8.65. The second kappa shape index (κ2) is 12.7. The van der Waals surface area contributed by atoms with Gasteiger partial charge in [-0.2, -0.15) is 5.10 Å². The summed E-state index contributed by atoms with van der Waals surface area (Å²) in [6, 6.07) is 23.4. The van der Waals surface area contributed by atoms with Crippen molar-refractivity contribution < 1.29 is 0 Å². The molecule has 1 aromatic heterocycles. The van der Waals surface area contributed by atoms with Gasteiger partial charge >= 0.3 is 0 Å². The topological polar surface area (TPSA) is 40.5 Å². The van der Waals surface area contributed by atoms with E-state index >= 15 is 0 Å². The van der Waals surface area contributed by atoms with Gasteiger partial charge in [0, 0.05) is 30.5 Å². The van der Waals surface area contributed by atoms with E-state index in [2.05, 4.69) is 96.9 Å². The molecule has 3 rings (SSSR count). The predicted octanol–water partition coefficient (Wildman–Crippen LogP) is 6.64. The van der Waals surface area contributed by atoms with Gasteiger partial charge in [-0.3, -0.25) is 5.43 Å². The molecule has 0 aliphatic rings. The average molecular weight is 429 g/mol. The Kier molecular flexibility index (Phi) is 9.30. The van der Waals surface area contributed by atoms with Gasteiger partial charge in [-0.25, -0.2) is 4.98 Å². The van der Waals surface area contributed by atoms with Gasteiger partial charge in [-0.05, 0) is 56.2 Å². The molecule has 4 nitrogen and oxygen atoms in total. The number of pyridine rings is 1. The Balaban J connectivity index is 1.75. The fraction of sp³-hybridized carbons (Fsp3) is 0.357. The number of anilines is 2. The molecule has 0 spiro atoms. The Bertz CT molecular complexity index is 976. The molecule has 1 N–H and O–H groups in total. The maximum atomic E-state index is 4.86. The van der Waals surface area contributed by atoms with Gasteiger partial charge < -0.3 is 4.90 Å². The average Bonchev–Trinajstić information content (AvgIpc) is 2.80. The zero-order valence-electron chi connectivity index (χ0n) is 19.7. The summed E-state index contributed by atoms with van der Waals surface area (Å²) in [5.41, 5.74) is 9.20. The van der Waals surface area contributed by atoms with Crippen LogP contribution < -0.4 is 10.3 Å². The number of nitrogens with zero attached hydrogens (tertiary/aromatic N) is 3. The standard InChI is InChI=1S/C28H36N4/c1-4-17-32(18-5-2)27-20-26(16-10-14-24-12-7-6-8-13-24)30-28(21-27)31-29-22-25-15-9-11-23(3)19-25/h6-9,11-13,15,19-22H,4-5,10,14,16-18H2,1-3H3,(H,30,31)/b29-22+. The molecule has 4 heteroatoms. The van der Waals surface area contributed by atoms with Gasteiger partial charge in [0.25, 0.3) is 0 Å². The first-order chi connectivity index (χ1) is 15.7. The Morgan fingerprint density at radius 2 is 1.69 bits per heavy atom. The number of aromatic nitrogens is 1. The zero-order chi connectivity index (χ0) is 22.6. The predicted molar refractivity (Wildman–Crippen MR) is 138 cm³/mol. The van der Waals surface area contributed by atoms with Crippen LogP contribution in [0.1, 0.15) is 55.5 Å². The Hall–Kier alpha value is -3.14. The van der Waals surface area contributed by atoms with E-state index in [9.17, 15) is 0 Å². The highest BCUT2D eigenvalue weighted by Crippen LogP contribution is 2.22. The summed E-state index contributed by atoms with van der Waals surface area (Å²) in [6.07, 6.45) is 7.19. The first-order valence-electron chi connectivity index (χ1n) is 11.8. The summed E-state index contributed by atoms with van der Waals surface area (Å²) in [4.78, 5) is 7.32. The molecule has 0 amide bonds. The number of hydrazone groups is 1. The molecule has 168 valence electrons. The molecule has 0 bridgehead atoms. The van der Waals surface area contributed by atoms with Crippen molar-refractivity contribution in [3.63, 3.8) is 0 Å². The van der Waals surface area contributed by atoms with Gasteiger partial charge in [0.15, 0.2) is 0 Å². The summed E-state index contributed by atoms with van der Waals surface area (Å²) < 4.78 is 0. The fourth-order valence-electron chi connectivity index (χ4n) is 3.89. The van der Waals surface area contributed by atoms with Crippen molar-refractivity contribution in [1.82, 2.24) is 4.98 Å². The van der Waals surface area contributed by atoms with Gasteiger partial charge in [-0.1, -0.05) is 74.0 Å². The van der Waals surface area contributed by atoms with Crippen molar-refractivity contribution in [3.05, 3.63) is 89.1 Å². The molecular weight excluding hydrogens is 392 g/mol. The summed E-state index contributed by atoms with van der Waals surface area (Å²) in [5, 5.41) is 4.46. The minimum Gasteiger partial charge on any atom is -0.371 e. The quantitative estimate of drug-likeness (QED) is 0.260. The summed E-state index contributed by atoms with van der Waals surface area (Å²) >= 11 is 0. The molecule has 2 aromatic carbocycles. The maximum absolute atomic E-state index is 4.86. The number of benzene rings is 2. The van der Waals surface area contributed by atoms with Crippen LogP contribution in [0.3, 0.4) is 0 Å². The van der Waals surface area contributed by atoms with E-state index in [0.717, 1.165) is 62.3 Å². The number of aryl methyl sites for hydroxylation is 3. The molecule has 0 aliphatic heterocycles. The number of rotatable bonds is 12. The van der Waals surface area contributed by atoms with Crippen LogP contribution >= 0.6 is 0 Å². The lowest BCUT2D eigenvalue weighted by molar-refractivity contribution is 0.740. The van der Waals surface area contributed by atoms with E-state index in [1.807, 2.05) is 12.3 Å². The highest BCUT2D eigenvalue weighted by molar-refractivity contribution is 5.80. The lowest BCUT2D eigenvalue weighted by atomic mass is 10.1. The van der Waals surface area contributed by atoms with E-state index in [-0.39, 0.29) is 0 Å². The minimum absolute atomic E-state index is 0.804. The van der Waals surface area contributed by atoms with Crippen molar-refractivity contribution >= 4 is 17.7 Å². The molecule has 0 aliphatic carbocycles. The highest BCUT2D eigenvalue weighted by atomic mass is 15.3. The molecule has 1 heterocycles. The van der Waals surface area contributed by atoms with Crippen molar-refractivity contribution in [2.75, 3.05) is 23.4 Å². The van der Waals surface area contributed by atoms with Crippen LogP contribution in [0.25, 0.3) is 0 Å². The third kappa shape index (κ3) is 7.52. The van der Waals surface area contributed by atoms with Gasteiger partial charge in [-0.15, -0.1) is 0 Å². The molecule has 32 heavy (non-hydrogen) atoms. The molecular formula is C28H36N4. The van der Waals surface area contributed by atoms with Crippen LogP contribution in [0.2, 0.25) is 0 Å². The molecule has 0 saturated carbocycles. The third-order valence-corrected chi connectivity index (χ3v) is 5.39. The van der Waals surface area contributed by atoms with Crippen LogP contribution in [-0.2, 0) is 12.8 Å². The van der Waals surface area contributed by atoms with Crippen LogP contribution in [0.5, 0.6) is 0 Å². The van der Waals surface area contributed by atoms with E-state index in [1.54, 1.807) is 0 Å². The lowest BCUT2D eigenvalue weighted by Gasteiger charge is -2.24. The molecule has 0 saturated heterocycles. The van der Waals surface area contributed by atoms with E-state index in [1.165, 1.54) is 16.8 Å². The van der Waals surface area contributed by atoms with Crippen molar-refractivity contribution in [2.24, 2.45) is 5.10 Å². The normalized spacial score (nSPS) is 11.1. The van der Waals surface area contributed by atoms with Gasteiger partial charge in [0.2, 0.25) is 0 Å². The Morgan fingerprint density at radius 1 is 0.906 bits per heavy atom. The number of hydrogen-bond acceptors (Lipinski definition) is 4. The molecule has 3 aromatic rings. The third-order valence-electron chi connectivity index (χ3n) is 5.39. The van der Waals surface area contributed by atoms with Crippen LogP contribution in [0.4, 0.5) is 11.5 Å². The summed E-state index contributed by atoms with van der Waals surface area (Å²) in [7, 11) is 0. The Labute approximate surface area is 193 Å². The smallest absolute Gasteiger partial charge is 0.148 e. The van der Waals surface area contributed by atoms with Gasteiger partial charge in [0.05, 0.1) is 6.21 Å². The van der Waals surface area contributed by atoms with Crippen LogP contribution in [0, 0.1) is 6.92 Å². The molecule has 0 fully saturated rings. The largest absolute Gasteiger partial charge is 0.371 e. The second-order valence-electron chi connectivity index (χ2n) is 8.31. The van der Waals surface area contributed by atoms with Crippen LogP contribution in [-0.4, -0.2) is 24.3 Å². The first kappa shape index (κ1) is 23.5. The molecule has 0 unspecified atom stereocenters. The van der Waals surface area contributed by atoms with Crippen molar-refractivity contribution in [1.29, 1.82) is 0 Å². The summed E-state index contributed by atoms with van der Waals surface area (Å²) in [5.74, 6) is 0.804. The highest BCUT2D eigenvalue weighted by Gasteiger charge is 2.09. The van der Waals surface area contributed by atoms with Crippen molar-refractivity contribution in [3.8, 4) is 0 Å².